The van der Waals surface area contributed by atoms with Crippen LogP contribution in [0.5, 0.6) is 0 Å². The molecule has 0 aliphatic heterocycles. The molecule has 1 aliphatic carbocycles. The minimum atomic E-state index is -0.880. The van der Waals surface area contributed by atoms with Crippen LogP contribution in [0.3, 0.4) is 0 Å². The number of rotatable bonds is 6. The molecule has 26 heavy (non-hydrogen) atoms. The van der Waals surface area contributed by atoms with Gasteiger partial charge in [-0.05, 0) is 19.3 Å². The highest BCUT2D eigenvalue weighted by molar-refractivity contribution is 6.35. The van der Waals surface area contributed by atoms with Gasteiger partial charge in [0, 0.05) is 24.4 Å². The number of amides is 3. The van der Waals surface area contributed by atoms with E-state index in [4.69, 9.17) is 4.52 Å². The number of benzene rings is 1. The molecule has 3 amide bonds. The largest absolute Gasteiger partial charge is 0.345 e. The first-order valence-corrected chi connectivity index (χ1v) is 8.39. The highest BCUT2D eigenvalue weighted by Crippen LogP contribution is 2.18. The summed E-state index contributed by atoms with van der Waals surface area (Å²) in [5.41, 5.74) is 5.15. The number of carbonyl (C=O) groups is 3. The van der Waals surface area contributed by atoms with Crippen molar-refractivity contribution in [3.8, 4) is 11.4 Å². The van der Waals surface area contributed by atoms with Crippen LogP contribution >= 0.6 is 0 Å². The zero-order chi connectivity index (χ0) is 18.4. The number of aryl methyl sites for hydroxylation is 1. The summed E-state index contributed by atoms with van der Waals surface area (Å²) in [5, 5.41) is 6.43. The van der Waals surface area contributed by atoms with Crippen LogP contribution in [0, 0.1) is 0 Å². The minimum absolute atomic E-state index is 0.0825. The monoisotopic (exact) mass is 357 g/mol. The van der Waals surface area contributed by atoms with Gasteiger partial charge in [0.2, 0.25) is 17.6 Å². The molecule has 3 N–H and O–H groups in total. The molecule has 0 saturated heterocycles. The predicted molar refractivity (Wildman–Crippen MR) is 90.1 cm³/mol. The molecule has 0 bridgehead atoms. The molecule has 1 aromatic carbocycles. The van der Waals surface area contributed by atoms with Gasteiger partial charge in [-0.25, -0.2) is 0 Å². The van der Waals surface area contributed by atoms with Crippen molar-refractivity contribution in [2.24, 2.45) is 0 Å². The Morgan fingerprint density at radius 3 is 2.58 bits per heavy atom. The molecule has 0 atom stereocenters. The van der Waals surface area contributed by atoms with Crippen molar-refractivity contribution in [3.05, 3.63) is 36.2 Å². The molecule has 0 unspecified atom stereocenters. The average molecular weight is 357 g/mol. The van der Waals surface area contributed by atoms with Crippen molar-refractivity contribution in [1.29, 1.82) is 0 Å². The normalized spacial score (nSPS) is 13.1. The van der Waals surface area contributed by atoms with Crippen LogP contribution in [-0.2, 0) is 20.8 Å². The van der Waals surface area contributed by atoms with Crippen LogP contribution in [0.15, 0.2) is 34.9 Å². The van der Waals surface area contributed by atoms with Gasteiger partial charge in [0.25, 0.3) is 0 Å². The summed E-state index contributed by atoms with van der Waals surface area (Å²) in [4.78, 5) is 38.9. The first-order valence-electron chi connectivity index (χ1n) is 8.39. The van der Waals surface area contributed by atoms with Gasteiger partial charge in [0.15, 0.2) is 0 Å². The van der Waals surface area contributed by atoms with Gasteiger partial charge >= 0.3 is 11.8 Å². The van der Waals surface area contributed by atoms with E-state index in [9.17, 15) is 14.4 Å². The SMILES string of the molecule is O=C(CCCc1nc(-c2ccccc2)no1)NNC(=O)C(=O)NC1CC1. The summed E-state index contributed by atoms with van der Waals surface area (Å²) >= 11 is 0. The maximum atomic E-state index is 11.7. The fourth-order valence-corrected chi connectivity index (χ4v) is 2.19. The predicted octanol–water partition coefficient (Wildman–Crippen LogP) is 0.485. The number of hydrogen-bond acceptors (Lipinski definition) is 6. The quantitative estimate of drug-likeness (QED) is 0.510. The molecule has 1 aliphatic rings. The number of carbonyl (C=O) groups excluding carboxylic acids is 3. The second-order valence-electron chi connectivity index (χ2n) is 5.98. The lowest BCUT2D eigenvalue weighted by atomic mass is 10.2. The molecule has 3 rings (SSSR count). The molecule has 9 nitrogen and oxygen atoms in total. The van der Waals surface area contributed by atoms with Crippen LogP contribution in [0.1, 0.15) is 31.6 Å². The molecule has 2 aromatic rings. The van der Waals surface area contributed by atoms with Crippen LogP contribution in [0.4, 0.5) is 0 Å². The van der Waals surface area contributed by atoms with E-state index in [0.29, 0.717) is 24.6 Å². The summed E-state index contributed by atoms with van der Waals surface area (Å²) in [7, 11) is 0. The molecule has 1 saturated carbocycles. The van der Waals surface area contributed by atoms with Crippen LogP contribution in [0.25, 0.3) is 11.4 Å². The Balaban J connectivity index is 1.35. The summed E-state index contributed by atoms with van der Waals surface area (Å²) < 4.78 is 5.16. The second kappa shape index (κ2) is 8.24. The fourth-order valence-electron chi connectivity index (χ4n) is 2.19. The maximum Gasteiger partial charge on any atom is 0.327 e. The van der Waals surface area contributed by atoms with E-state index < -0.39 is 17.7 Å². The summed E-state index contributed by atoms with van der Waals surface area (Å²) in [5.74, 6) is -1.09. The van der Waals surface area contributed by atoms with E-state index in [1.165, 1.54) is 0 Å². The van der Waals surface area contributed by atoms with E-state index in [0.717, 1.165) is 18.4 Å². The van der Waals surface area contributed by atoms with E-state index in [1.807, 2.05) is 30.3 Å². The Labute approximate surface area is 149 Å². The summed E-state index contributed by atoms with van der Waals surface area (Å²) in [6.45, 7) is 0. The van der Waals surface area contributed by atoms with E-state index >= 15 is 0 Å². The van der Waals surface area contributed by atoms with Gasteiger partial charge in [-0.15, -0.1) is 0 Å². The third-order valence-corrected chi connectivity index (χ3v) is 3.73. The highest BCUT2D eigenvalue weighted by atomic mass is 16.5. The lowest BCUT2D eigenvalue weighted by Crippen LogP contribution is -2.48. The number of hydrogen-bond donors (Lipinski definition) is 3. The van der Waals surface area contributed by atoms with E-state index in [2.05, 4.69) is 26.3 Å². The molecule has 0 radical (unpaired) electrons. The molecule has 0 spiro atoms. The minimum Gasteiger partial charge on any atom is -0.345 e. The average Bonchev–Trinajstić information content (AvgIpc) is 3.34. The highest BCUT2D eigenvalue weighted by Gasteiger charge is 2.26. The van der Waals surface area contributed by atoms with Crippen LogP contribution in [-0.4, -0.2) is 33.9 Å². The van der Waals surface area contributed by atoms with E-state index in [-0.39, 0.29) is 12.5 Å². The van der Waals surface area contributed by atoms with Gasteiger partial charge in [-0.2, -0.15) is 4.98 Å². The molecule has 9 heteroatoms. The number of nitrogens with zero attached hydrogens (tertiary/aromatic N) is 2. The second-order valence-corrected chi connectivity index (χ2v) is 5.98. The van der Waals surface area contributed by atoms with Crippen molar-refractivity contribution in [3.63, 3.8) is 0 Å². The Bertz CT molecular complexity index is 785. The molecule has 1 heterocycles. The zero-order valence-electron chi connectivity index (χ0n) is 14.0. The standard InChI is InChI=1S/C17H19N5O4/c23-13(20-21-17(25)16(24)18-12-9-10-12)7-4-8-14-19-15(22-26-14)11-5-2-1-3-6-11/h1-3,5-6,12H,4,7-10H2,(H,18,24)(H,20,23)(H,21,25). The summed E-state index contributed by atoms with van der Waals surface area (Å²) in [6.07, 6.45) is 2.81. The molecular formula is C17H19N5O4. The molecule has 1 fully saturated rings. The van der Waals surface area contributed by atoms with Crippen molar-refractivity contribution in [1.82, 2.24) is 26.3 Å². The third-order valence-electron chi connectivity index (χ3n) is 3.73. The van der Waals surface area contributed by atoms with Crippen LogP contribution < -0.4 is 16.2 Å². The fraction of sp³-hybridized carbons (Fsp3) is 0.353. The van der Waals surface area contributed by atoms with Crippen molar-refractivity contribution in [2.45, 2.75) is 38.1 Å². The molecule has 1 aromatic heterocycles. The van der Waals surface area contributed by atoms with Gasteiger partial charge < -0.3 is 9.84 Å². The van der Waals surface area contributed by atoms with E-state index in [1.54, 1.807) is 0 Å². The topological polar surface area (TPSA) is 126 Å². The number of hydrazine groups is 1. The maximum absolute atomic E-state index is 11.7. The molecule has 136 valence electrons. The van der Waals surface area contributed by atoms with Gasteiger partial charge in [-0.3, -0.25) is 25.2 Å². The van der Waals surface area contributed by atoms with Crippen molar-refractivity contribution >= 4 is 17.7 Å². The Morgan fingerprint density at radius 1 is 1.08 bits per heavy atom. The lowest BCUT2D eigenvalue weighted by Gasteiger charge is -2.06. The Morgan fingerprint density at radius 2 is 1.85 bits per heavy atom. The third kappa shape index (κ3) is 5.13. The van der Waals surface area contributed by atoms with Crippen molar-refractivity contribution < 1.29 is 18.9 Å². The van der Waals surface area contributed by atoms with Gasteiger partial charge in [0.05, 0.1) is 0 Å². The van der Waals surface area contributed by atoms with Gasteiger partial charge in [0.1, 0.15) is 0 Å². The Kier molecular flexibility index (Phi) is 5.57. The first kappa shape index (κ1) is 17.6. The molecular weight excluding hydrogens is 338 g/mol. The number of aromatic nitrogens is 2. The lowest BCUT2D eigenvalue weighted by molar-refractivity contribution is -0.141. The smallest absolute Gasteiger partial charge is 0.327 e. The van der Waals surface area contributed by atoms with Crippen LogP contribution in [0.2, 0.25) is 0 Å². The Hall–Kier alpha value is -3.23. The van der Waals surface area contributed by atoms with Gasteiger partial charge in [-0.1, -0.05) is 35.5 Å². The zero-order valence-corrected chi connectivity index (χ0v) is 14.0. The van der Waals surface area contributed by atoms with Crippen molar-refractivity contribution in [2.75, 3.05) is 0 Å². The number of nitrogens with one attached hydrogen (secondary N) is 3. The summed E-state index contributed by atoms with van der Waals surface area (Å²) in [6, 6.07) is 9.51. The first-order chi connectivity index (χ1) is 12.6.